The van der Waals surface area contributed by atoms with Crippen LogP contribution in [-0.2, 0) is 19.4 Å². The molecule has 0 saturated heterocycles. The Morgan fingerprint density at radius 3 is 2.80 bits per heavy atom. The average Bonchev–Trinajstić information content (AvgIpc) is 3.19. The highest BCUT2D eigenvalue weighted by atomic mass is 19.1. The molecule has 0 unspecified atom stereocenters. The lowest BCUT2D eigenvalue weighted by Gasteiger charge is -2.10. The van der Waals surface area contributed by atoms with E-state index in [1.807, 2.05) is 51.1 Å². The maximum absolute atomic E-state index is 13.1. The van der Waals surface area contributed by atoms with E-state index in [1.165, 1.54) is 11.3 Å². The Kier molecular flexibility index (Phi) is 6.30. The number of hydrogen-bond donors (Lipinski definition) is 0. The molecule has 1 heterocycles. The van der Waals surface area contributed by atoms with E-state index >= 15 is 0 Å². The first-order valence-electron chi connectivity index (χ1n) is 8.72. The molecule has 130 valence electrons. The molecule has 4 heteroatoms. The minimum Gasteiger partial charge on any atom is -0.338 e. The third kappa shape index (κ3) is 3.88. The number of nitrogens with zero attached hydrogens (tertiary/aromatic N) is 3. The van der Waals surface area contributed by atoms with Crippen LogP contribution in [0.25, 0.3) is 10.9 Å². The van der Waals surface area contributed by atoms with Crippen molar-refractivity contribution in [2.24, 2.45) is 4.99 Å². The molecule has 0 N–H and O–H groups in total. The summed E-state index contributed by atoms with van der Waals surface area (Å²) in [6, 6.07) is 7.96. The van der Waals surface area contributed by atoms with E-state index in [0.29, 0.717) is 17.8 Å². The fraction of sp³-hybridized carbons (Fsp3) is 0.333. The fourth-order valence-electron chi connectivity index (χ4n) is 3.36. The van der Waals surface area contributed by atoms with Gasteiger partial charge in [0.15, 0.2) is 0 Å². The van der Waals surface area contributed by atoms with Crippen molar-refractivity contribution in [2.75, 3.05) is 0 Å². The third-order valence-electron chi connectivity index (χ3n) is 4.20. The highest BCUT2D eigenvalue weighted by molar-refractivity contribution is 5.97. The molecule has 0 bridgehead atoms. The first kappa shape index (κ1) is 18.7. The van der Waals surface area contributed by atoms with Crippen LogP contribution in [0, 0.1) is 11.3 Å². The quantitative estimate of drug-likeness (QED) is 0.537. The number of benzene rings is 1. The lowest BCUT2D eigenvalue weighted by molar-refractivity contribution is 0.631. The minimum absolute atomic E-state index is 0.505. The van der Waals surface area contributed by atoms with E-state index in [-0.39, 0.29) is 0 Å². The molecule has 3 nitrogen and oxygen atoms in total. The zero-order chi connectivity index (χ0) is 18.4. The van der Waals surface area contributed by atoms with E-state index in [1.54, 1.807) is 0 Å². The van der Waals surface area contributed by atoms with E-state index in [4.69, 9.17) is 5.26 Å². The lowest BCUT2D eigenvalue weighted by atomic mass is 10.1. The summed E-state index contributed by atoms with van der Waals surface area (Å²) in [5.41, 5.74) is 4.97. The summed E-state index contributed by atoms with van der Waals surface area (Å²) in [6.45, 7) is 9.62. The Morgan fingerprint density at radius 1 is 1.40 bits per heavy atom. The van der Waals surface area contributed by atoms with Gasteiger partial charge in [-0.1, -0.05) is 19.9 Å². The molecule has 0 fully saturated rings. The Balaban J connectivity index is 0.00000109. The maximum atomic E-state index is 13.1. The summed E-state index contributed by atoms with van der Waals surface area (Å²) in [5.74, 6) is -0.682. The van der Waals surface area contributed by atoms with Gasteiger partial charge in [-0.05, 0) is 62.6 Å². The predicted molar refractivity (Wildman–Crippen MR) is 103 cm³/mol. The fourth-order valence-corrected chi connectivity index (χ4v) is 3.36. The van der Waals surface area contributed by atoms with Crippen LogP contribution in [0.1, 0.15) is 44.0 Å². The third-order valence-corrected chi connectivity index (χ3v) is 4.20. The molecule has 0 aliphatic heterocycles. The van der Waals surface area contributed by atoms with Crippen molar-refractivity contribution < 1.29 is 4.39 Å². The number of fused-ring (bicyclic) bond motifs is 3. The first-order chi connectivity index (χ1) is 12.1. The summed E-state index contributed by atoms with van der Waals surface area (Å²) >= 11 is 0. The molecular weight excluding hydrogens is 313 g/mol. The van der Waals surface area contributed by atoms with Gasteiger partial charge >= 0.3 is 0 Å². The summed E-state index contributed by atoms with van der Waals surface area (Å²) in [7, 11) is 0. The van der Waals surface area contributed by atoms with Crippen molar-refractivity contribution in [3.05, 3.63) is 59.7 Å². The van der Waals surface area contributed by atoms with Crippen LogP contribution in [0.5, 0.6) is 0 Å². The van der Waals surface area contributed by atoms with Gasteiger partial charge < -0.3 is 4.57 Å². The van der Waals surface area contributed by atoms with Crippen LogP contribution in [-0.4, -0.2) is 10.3 Å². The molecule has 0 atom stereocenters. The smallest absolute Gasteiger partial charge is 0.205 e. The average molecular weight is 337 g/mol. The highest BCUT2D eigenvalue weighted by Gasteiger charge is 2.22. The molecule has 0 radical (unpaired) electrons. The van der Waals surface area contributed by atoms with Crippen molar-refractivity contribution in [3.8, 4) is 6.07 Å². The normalized spacial score (nSPS) is 13.5. The van der Waals surface area contributed by atoms with E-state index < -0.39 is 5.95 Å². The number of aromatic nitrogens is 1. The van der Waals surface area contributed by atoms with Crippen LogP contribution in [0.3, 0.4) is 0 Å². The van der Waals surface area contributed by atoms with Crippen LogP contribution >= 0.6 is 0 Å². The molecule has 0 spiro atoms. The topological polar surface area (TPSA) is 41.1 Å². The number of aryl methyl sites for hydroxylation is 1. The molecule has 1 aromatic carbocycles. The van der Waals surface area contributed by atoms with Crippen LogP contribution < -0.4 is 0 Å². The number of aliphatic imine (C=N–C) groups is 1. The largest absolute Gasteiger partial charge is 0.338 e. The number of hydrogen-bond acceptors (Lipinski definition) is 2. The second-order valence-electron chi connectivity index (χ2n) is 5.69. The Labute approximate surface area is 148 Å². The summed E-state index contributed by atoms with van der Waals surface area (Å²) in [4.78, 5) is 3.90. The van der Waals surface area contributed by atoms with Gasteiger partial charge in [-0.25, -0.2) is 4.99 Å². The highest BCUT2D eigenvalue weighted by Crippen LogP contribution is 2.33. The summed E-state index contributed by atoms with van der Waals surface area (Å²) in [5, 5.41) is 10.3. The number of halogens is 1. The van der Waals surface area contributed by atoms with E-state index in [2.05, 4.69) is 22.2 Å². The molecule has 2 aromatic rings. The summed E-state index contributed by atoms with van der Waals surface area (Å²) in [6.07, 6.45) is 6.80. The molecule has 0 saturated carbocycles. The van der Waals surface area contributed by atoms with Crippen molar-refractivity contribution in [2.45, 2.75) is 46.6 Å². The SMILES string of the molecule is C=C(F)/N=C(\C=C/C)Cn1c2c(c3cc(C#N)ccc31)CCC2.CC. The molecular formula is C21H24FN3. The van der Waals surface area contributed by atoms with Gasteiger partial charge in [0.2, 0.25) is 5.95 Å². The van der Waals surface area contributed by atoms with Gasteiger partial charge in [0.25, 0.3) is 0 Å². The summed E-state index contributed by atoms with van der Waals surface area (Å²) < 4.78 is 15.3. The van der Waals surface area contributed by atoms with Crippen LogP contribution in [0.2, 0.25) is 0 Å². The molecule has 25 heavy (non-hydrogen) atoms. The first-order valence-corrected chi connectivity index (χ1v) is 8.72. The molecule has 1 aliphatic carbocycles. The Bertz CT molecular complexity index is 879. The van der Waals surface area contributed by atoms with Gasteiger partial charge in [-0.15, -0.1) is 0 Å². The maximum Gasteiger partial charge on any atom is 0.205 e. The number of rotatable bonds is 4. The molecule has 1 aromatic heterocycles. The number of allylic oxidation sites excluding steroid dienone is 2. The molecule has 1 aliphatic rings. The molecule has 3 rings (SSSR count). The Morgan fingerprint density at radius 2 is 2.16 bits per heavy atom. The van der Waals surface area contributed by atoms with Crippen molar-refractivity contribution in [1.82, 2.24) is 4.57 Å². The van der Waals surface area contributed by atoms with E-state index in [0.717, 1.165) is 30.2 Å². The van der Waals surface area contributed by atoms with Crippen molar-refractivity contribution in [3.63, 3.8) is 0 Å². The second-order valence-corrected chi connectivity index (χ2v) is 5.69. The standard InChI is InChI=1S/C19H18FN3.C2H6/c1-3-5-15(22-13(2)20)12-23-18-7-4-6-16(18)17-10-14(11-21)8-9-19(17)23;1-2/h3,5,8-10H,2,4,6-7,12H2,1H3;1-2H3/b5-3-,22-15+;. The van der Waals surface area contributed by atoms with Gasteiger partial charge in [0.1, 0.15) is 0 Å². The van der Waals surface area contributed by atoms with Gasteiger partial charge in [0, 0.05) is 16.6 Å². The molecule has 0 amide bonds. The van der Waals surface area contributed by atoms with Gasteiger partial charge in [-0.3, -0.25) is 0 Å². The van der Waals surface area contributed by atoms with Crippen molar-refractivity contribution >= 4 is 16.6 Å². The second kappa shape index (κ2) is 8.43. The number of nitriles is 1. The van der Waals surface area contributed by atoms with Crippen LogP contribution in [0.4, 0.5) is 4.39 Å². The van der Waals surface area contributed by atoms with E-state index in [9.17, 15) is 4.39 Å². The zero-order valence-corrected chi connectivity index (χ0v) is 15.1. The lowest BCUT2D eigenvalue weighted by Crippen LogP contribution is -2.10. The Hall–Kier alpha value is -2.67. The minimum atomic E-state index is -0.682. The zero-order valence-electron chi connectivity index (χ0n) is 15.1. The van der Waals surface area contributed by atoms with Crippen molar-refractivity contribution in [1.29, 1.82) is 5.26 Å². The predicted octanol–water partition coefficient (Wildman–Crippen LogP) is 5.49. The van der Waals surface area contributed by atoms with Gasteiger partial charge in [0.05, 0.1) is 23.9 Å². The van der Waals surface area contributed by atoms with Crippen LogP contribution in [0.15, 0.2) is 47.9 Å². The monoisotopic (exact) mass is 337 g/mol. The van der Waals surface area contributed by atoms with Gasteiger partial charge in [-0.2, -0.15) is 9.65 Å².